The molecule has 2 nitrogen and oxygen atoms in total. The molecule has 1 heterocycles. The van der Waals surface area contributed by atoms with E-state index in [1.165, 1.54) is 19.2 Å². The number of fused-ring (bicyclic) bond motifs is 1. The number of halogens is 3. The van der Waals surface area contributed by atoms with Crippen LogP contribution in [-0.4, -0.2) is 7.11 Å². The van der Waals surface area contributed by atoms with Crippen LogP contribution >= 0.6 is 0 Å². The quantitative estimate of drug-likeness (QED) is 0.653. The first-order valence-electron chi connectivity index (χ1n) is 6.24. The lowest BCUT2D eigenvalue weighted by atomic mass is 10.1. The highest BCUT2D eigenvalue weighted by molar-refractivity contribution is 5.88. The van der Waals surface area contributed by atoms with E-state index >= 15 is 0 Å². The van der Waals surface area contributed by atoms with Crippen molar-refractivity contribution in [1.29, 1.82) is 0 Å². The molecule has 3 rings (SSSR count). The average molecular weight is 292 g/mol. The summed E-state index contributed by atoms with van der Waals surface area (Å²) in [7, 11) is 1.50. The lowest BCUT2D eigenvalue weighted by Crippen LogP contribution is -2.05. The summed E-state index contributed by atoms with van der Waals surface area (Å²) in [6.07, 6.45) is -4.48. The van der Waals surface area contributed by atoms with E-state index in [-0.39, 0.29) is 16.7 Å². The molecule has 1 aromatic heterocycles. The molecule has 0 aliphatic rings. The van der Waals surface area contributed by atoms with Crippen molar-refractivity contribution >= 4 is 11.0 Å². The van der Waals surface area contributed by atoms with Gasteiger partial charge in [-0.1, -0.05) is 18.2 Å². The molecule has 0 saturated carbocycles. The van der Waals surface area contributed by atoms with Gasteiger partial charge in [-0.05, 0) is 30.3 Å². The van der Waals surface area contributed by atoms with E-state index in [4.69, 9.17) is 9.15 Å². The van der Waals surface area contributed by atoms with E-state index in [1.807, 2.05) is 0 Å². The van der Waals surface area contributed by atoms with Gasteiger partial charge in [-0.15, -0.1) is 0 Å². The Labute approximate surface area is 118 Å². The summed E-state index contributed by atoms with van der Waals surface area (Å²) in [6.45, 7) is 0. The molecule has 21 heavy (non-hydrogen) atoms. The number of benzene rings is 2. The number of para-hydroxylation sites is 1. The molecule has 0 fully saturated rings. The van der Waals surface area contributed by atoms with E-state index in [9.17, 15) is 13.2 Å². The van der Waals surface area contributed by atoms with E-state index in [0.717, 1.165) is 0 Å². The van der Waals surface area contributed by atoms with Gasteiger partial charge in [0.1, 0.15) is 22.7 Å². The zero-order chi connectivity index (χ0) is 15.0. The van der Waals surface area contributed by atoms with Gasteiger partial charge in [0.05, 0.1) is 7.11 Å². The molecule has 0 N–H and O–H groups in total. The summed E-state index contributed by atoms with van der Waals surface area (Å²) in [5.74, 6) is 0.398. The van der Waals surface area contributed by atoms with Gasteiger partial charge in [-0.25, -0.2) is 0 Å². The van der Waals surface area contributed by atoms with Crippen molar-refractivity contribution in [3.05, 3.63) is 54.1 Å². The molecule has 108 valence electrons. The maximum Gasteiger partial charge on any atom is 0.420 e. The second-order valence-electron chi connectivity index (χ2n) is 4.53. The minimum Gasteiger partial charge on any atom is -0.497 e. The smallest absolute Gasteiger partial charge is 0.420 e. The molecule has 0 saturated heterocycles. The lowest BCUT2D eigenvalue weighted by Gasteiger charge is -2.08. The van der Waals surface area contributed by atoms with Crippen LogP contribution in [0.5, 0.6) is 5.75 Å². The monoisotopic (exact) mass is 292 g/mol. The van der Waals surface area contributed by atoms with Crippen molar-refractivity contribution < 1.29 is 22.3 Å². The Morgan fingerprint density at radius 1 is 0.952 bits per heavy atom. The summed E-state index contributed by atoms with van der Waals surface area (Å²) < 4.78 is 50.5. The predicted molar refractivity (Wildman–Crippen MR) is 73.2 cm³/mol. The molecule has 0 aliphatic carbocycles. The highest BCUT2D eigenvalue weighted by Crippen LogP contribution is 2.43. The van der Waals surface area contributed by atoms with Crippen LogP contribution in [0.3, 0.4) is 0 Å². The Kier molecular flexibility index (Phi) is 3.12. The Bertz CT molecular complexity index is 770. The highest BCUT2D eigenvalue weighted by atomic mass is 19.4. The topological polar surface area (TPSA) is 22.4 Å². The van der Waals surface area contributed by atoms with E-state index < -0.39 is 11.7 Å². The van der Waals surface area contributed by atoms with Gasteiger partial charge in [0, 0.05) is 10.9 Å². The molecule has 0 unspecified atom stereocenters. The first-order chi connectivity index (χ1) is 10.0. The third kappa shape index (κ3) is 2.35. The standard InChI is InChI=1S/C16H11F3O2/c1-20-11-8-6-10(7-9-11)15-14(16(17,18)19)12-4-2-3-5-13(12)21-15/h2-9H,1H3. The van der Waals surface area contributed by atoms with Gasteiger partial charge < -0.3 is 9.15 Å². The van der Waals surface area contributed by atoms with Crippen LogP contribution in [0.1, 0.15) is 5.56 Å². The third-order valence-corrected chi connectivity index (χ3v) is 3.23. The van der Waals surface area contributed by atoms with Gasteiger partial charge in [0.25, 0.3) is 0 Å². The Balaban J connectivity index is 2.25. The van der Waals surface area contributed by atoms with Crippen molar-refractivity contribution in [3.8, 4) is 17.1 Å². The summed E-state index contributed by atoms with van der Waals surface area (Å²) in [6, 6.07) is 12.4. The summed E-state index contributed by atoms with van der Waals surface area (Å²) >= 11 is 0. The number of alkyl halides is 3. The molecular formula is C16H11F3O2. The van der Waals surface area contributed by atoms with Crippen LogP contribution < -0.4 is 4.74 Å². The normalized spacial score (nSPS) is 11.8. The zero-order valence-electron chi connectivity index (χ0n) is 11.1. The van der Waals surface area contributed by atoms with Crippen molar-refractivity contribution in [2.75, 3.05) is 7.11 Å². The number of furan rings is 1. The molecule has 3 aromatic rings. The van der Waals surface area contributed by atoms with Crippen LogP contribution in [0.2, 0.25) is 0 Å². The van der Waals surface area contributed by atoms with Crippen LogP contribution in [0.15, 0.2) is 52.9 Å². The van der Waals surface area contributed by atoms with Gasteiger partial charge in [-0.2, -0.15) is 13.2 Å². The van der Waals surface area contributed by atoms with E-state index in [2.05, 4.69) is 0 Å². The predicted octanol–water partition coefficient (Wildman–Crippen LogP) is 5.13. The fourth-order valence-corrected chi connectivity index (χ4v) is 2.27. The summed E-state index contributed by atoms with van der Waals surface area (Å²) in [5.41, 5.74) is -0.168. The molecule has 0 bridgehead atoms. The van der Waals surface area contributed by atoms with Gasteiger partial charge in [-0.3, -0.25) is 0 Å². The highest BCUT2D eigenvalue weighted by Gasteiger charge is 2.38. The molecule has 0 atom stereocenters. The van der Waals surface area contributed by atoms with E-state index in [1.54, 1.807) is 36.4 Å². The fraction of sp³-hybridized carbons (Fsp3) is 0.125. The lowest BCUT2D eigenvalue weighted by molar-refractivity contribution is -0.136. The van der Waals surface area contributed by atoms with Crippen molar-refractivity contribution in [1.82, 2.24) is 0 Å². The van der Waals surface area contributed by atoms with Crippen molar-refractivity contribution in [2.24, 2.45) is 0 Å². The first-order valence-corrected chi connectivity index (χ1v) is 6.24. The van der Waals surface area contributed by atoms with Gasteiger partial charge in [0.2, 0.25) is 0 Å². The maximum absolute atomic E-state index is 13.4. The Morgan fingerprint density at radius 2 is 1.62 bits per heavy atom. The SMILES string of the molecule is COc1ccc(-c2oc3ccccc3c2C(F)(F)F)cc1. The molecule has 0 aliphatic heterocycles. The number of hydrogen-bond acceptors (Lipinski definition) is 2. The third-order valence-electron chi connectivity index (χ3n) is 3.23. The Hall–Kier alpha value is -2.43. The second kappa shape index (κ2) is 4.84. The number of rotatable bonds is 2. The van der Waals surface area contributed by atoms with Gasteiger partial charge in [0.15, 0.2) is 0 Å². The molecular weight excluding hydrogens is 281 g/mol. The summed E-state index contributed by atoms with van der Waals surface area (Å²) in [4.78, 5) is 0. The number of ether oxygens (including phenoxy) is 1. The molecule has 0 amide bonds. The second-order valence-corrected chi connectivity index (χ2v) is 4.53. The van der Waals surface area contributed by atoms with Crippen molar-refractivity contribution in [3.63, 3.8) is 0 Å². The van der Waals surface area contributed by atoms with Crippen molar-refractivity contribution in [2.45, 2.75) is 6.18 Å². The zero-order valence-corrected chi connectivity index (χ0v) is 11.1. The number of methoxy groups -OCH3 is 1. The Morgan fingerprint density at radius 3 is 2.24 bits per heavy atom. The average Bonchev–Trinajstić information content (AvgIpc) is 2.86. The molecule has 5 heteroatoms. The fourth-order valence-electron chi connectivity index (χ4n) is 2.27. The molecule has 2 aromatic carbocycles. The van der Waals surface area contributed by atoms with Gasteiger partial charge >= 0.3 is 6.18 Å². The molecule has 0 spiro atoms. The van der Waals surface area contributed by atoms with E-state index in [0.29, 0.717) is 11.3 Å². The minimum atomic E-state index is -4.48. The van der Waals surface area contributed by atoms with Crippen LogP contribution in [-0.2, 0) is 6.18 Å². The molecule has 0 radical (unpaired) electrons. The minimum absolute atomic E-state index is 0.0656. The van der Waals surface area contributed by atoms with Crippen LogP contribution in [0, 0.1) is 0 Å². The summed E-state index contributed by atoms with van der Waals surface area (Å²) in [5, 5.41) is 0.0656. The largest absolute Gasteiger partial charge is 0.497 e. The van der Waals surface area contributed by atoms with Crippen LogP contribution in [0.25, 0.3) is 22.3 Å². The number of hydrogen-bond donors (Lipinski definition) is 0. The first kappa shape index (κ1) is 13.5. The van der Waals surface area contributed by atoms with Crippen LogP contribution in [0.4, 0.5) is 13.2 Å². The maximum atomic E-state index is 13.4.